The molecule has 3 rings (SSSR count). The standard InChI is InChI=1S/C17H24N2O3/c1-17(21)9-7-12(8-10-17)3-2-4-16(20)13-5-6-14-15(11-13)19-22-18-14/h11-12,21H,2-10H2,1H3. The maximum atomic E-state index is 12.3. The Morgan fingerprint density at radius 2 is 2.14 bits per heavy atom. The summed E-state index contributed by atoms with van der Waals surface area (Å²) in [5, 5.41) is 17.6. The number of hydrogen-bond donors (Lipinski definition) is 1. The topological polar surface area (TPSA) is 76.2 Å². The van der Waals surface area contributed by atoms with Crippen LogP contribution in [0.3, 0.4) is 0 Å². The van der Waals surface area contributed by atoms with E-state index in [9.17, 15) is 9.90 Å². The number of hydrogen-bond acceptors (Lipinski definition) is 5. The minimum absolute atomic E-state index is 0.233. The maximum Gasteiger partial charge on any atom is 0.158 e. The van der Waals surface area contributed by atoms with Crippen molar-refractivity contribution in [1.29, 1.82) is 0 Å². The summed E-state index contributed by atoms with van der Waals surface area (Å²) in [5.74, 6) is 0.899. The molecule has 0 unspecified atom stereocenters. The second kappa shape index (κ2) is 6.32. The fraction of sp³-hybridized carbons (Fsp3) is 0.706. The zero-order chi connectivity index (χ0) is 15.6. The van der Waals surface area contributed by atoms with Crippen molar-refractivity contribution < 1.29 is 14.5 Å². The van der Waals surface area contributed by atoms with Crippen LogP contribution in [0.25, 0.3) is 6.08 Å². The van der Waals surface area contributed by atoms with Crippen LogP contribution in [-0.2, 0) is 11.2 Å². The molecule has 0 aliphatic heterocycles. The molecule has 22 heavy (non-hydrogen) atoms. The van der Waals surface area contributed by atoms with Crippen LogP contribution in [0.1, 0.15) is 69.7 Å². The SMILES string of the molecule is CC1(O)CCC(CCCC(=O)C2=Cc3nonc3CC2)CC1. The second-order valence-corrected chi connectivity index (χ2v) is 7.02. The normalized spacial score (nSPS) is 28.1. The highest BCUT2D eigenvalue weighted by molar-refractivity contribution is 5.99. The van der Waals surface area contributed by atoms with Crippen LogP contribution in [0.15, 0.2) is 10.2 Å². The molecule has 1 saturated carbocycles. The zero-order valence-electron chi connectivity index (χ0n) is 13.2. The summed E-state index contributed by atoms with van der Waals surface area (Å²) in [6.07, 6.45) is 9.89. The zero-order valence-corrected chi connectivity index (χ0v) is 13.2. The molecule has 120 valence electrons. The molecule has 0 atom stereocenters. The largest absolute Gasteiger partial charge is 0.390 e. The average molecular weight is 304 g/mol. The van der Waals surface area contributed by atoms with E-state index in [-0.39, 0.29) is 5.78 Å². The molecule has 0 aromatic carbocycles. The van der Waals surface area contributed by atoms with Crippen LogP contribution < -0.4 is 0 Å². The van der Waals surface area contributed by atoms with Gasteiger partial charge in [0.2, 0.25) is 0 Å². The van der Waals surface area contributed by atoms with Gasteiger partial charge < -0.3 is 5.11 Å². The Hall–Kier alpha value is -1.49. The Morgan fingerprint density at radius 3 is 2.91 bits per heavy atom. The summed E-state index contributed by atoms with van der Waals surface area (Å²) in [4.78, 5) is 12.3. The van der Waals surface area contributed by atoms with Crippen molar-refractivity contribution in [2.24, 2.45) is 5.92 Å². The lowest BCUT2D eigenvalue weighted by molar-refractivity contribution is -0.115. The number of nitrogens with zero attached hydrogens (tertiary/aromatic N) is 2. The number of rotatable bonds is 5. The highest BCUT2D eigenvalue weighted by Gasteiger charge is 2.28. The third-order valence-electron chi connectivity index (χ3n) is 5.08. The summed E-state index contributed by atoms with van der Waals surface area (Å²) in [5.41, 5.74) is 1.95. The van der Waals surface area contributed by atoms with E-state index in [1.807, 2.05) is 13.0 Å². The Balaban J connectivity index is 1.44. The van der Waals surface area contributed by atoms with Crippen molar-refractivity contribution in [3.63, 3.8) is 0 Å². The fourth-order valence-corrected chi connectivity index (χ4v) is 3.51. The lowest BCUT2D eigenvalue weighted by Gasteiger charge is -2.33. The quantitative estimate of drug-likeness (QED) is 0.904. The molecule has 1 fully saturated rings. The Morgan fingerprint density at radius 1 is 1.36 bits per heavy atom. The minimum Gasteiger partial charge on any atom is -0.390 e. The summed E-state index contributed by atoms with van der Waals surface area (Å²) in [7, 11) is 0. The third kappa shape index (κ3) is 3.64. The molecule has 0 radical (unpaired) electrons. The number of allylic oxidation sites excluding steroid dienone is 1. The van der Waals surface area contributed by atoms with Crippen molar-refractivity contribution in [3.05, 3.63) is 17.0 Å². The smallest absolute Gasteiger partial charge is 0.158 e. The van der Waals surface area contributed by atoms with Crippen LogP contribution in [0.4, 0.5) is 0 Å². The van der Waals surface area contributed by atoms with E-state index in [0.717, 1.165) is 62.6 Å². The van der Waals surface area contributed by atoms with E-state index >= 15 is 0 Å². The highest BCUT2D eigenvalue weighted by atomic mass is 16.6. The van der Waals surface area contributed by atoms with Gasteiger partial charge in [0, 0.05) is 6.42 Å². The van der Waals surface area contributed by atoms with E-state index in [0.29, 0.717) is 18.0 Å². The summed E-state index contributed by atoms with van der Waals surface area (Å²) >= 11 is 0. The Kier molecular flexibility index (Phi) is 4.43. The predicted molar refractivity (Wildman–Crippen MR) is 82.0 cm³/mol. The van der Waals surface area contributed by atoms with Gasteiger partial charge in [-0.1, -0.05) is 16.7 Å². The van der Waals surface area contributed by atoms with E-state index in [1.54, 1.807) is 0 Å². The van der Waals surface area contributed by atoms with Crippen molar-refractivity contribution in [1.82, 2.24) is 10.3 Å². The molecule has 1 aromatic rings. The lowest BCUT2D eigenvalue weighted by Crippen LogP contribution is -2.30. The molecule has 1 heterocycles. The fourth-order valence-electron chi connectivity index (χ4n) is 3.51. The summed E-state index contributed by atoms with van der Waals surface area (Å²) < 4.78 is 4.70. The molecule has 5 heteroatoms. The van der Waals surface area contributed by atoms with Gasteiger partial charge in [-0.25, -0.2) is 4.63 Å². The van der Waals surface area contributed by atoms with Gasteiger partial charge in [-0.15, -0.1) is 0 Å². The molecule has 0 bridgehead atoms. The lowest BCUT2D eigenvalue weighted by atomic mass is 9.78. The first-order valence-corrected chi connectivity index (χ1v) is 8.31. The first kappa shape index (κ1) is 15.4. The molecule has 2 aliphatic carbocycles. The second-order valence-electron chi connectivity index (χ2n) is 7.02. The molecule has 0 saturated heterocycles. The Bertz CT molecular complexity index is 564. The van der Waals surface area contributed by atoms with Crippen LogP contribution in [0.2, 0.25) is 0 Å². The number of aromatic nitrogens is 2. The number of aryl methyl sites for hydroxylation is 1. The molecule has 0 amide bonds. The van der Waals surface area contributed by atoms with E-state index in [1.165, 1.54) is 0 Å². The first-order valence-electron chi connectivity index (χ1n) is 8.31. The van der Waals surface area contributed by atoms with E-state index in [4.69, 9.17) is 4.63 Å². The number of aliphatic hydroxyl groups is 1. The van der Waals surface area contributed by atoms with Gasteiger partial charge >= 0.3 is 0 Å². The van der Waals surface area contributed by atoms with E-state index < -0.39 is 5.60 Å². The van der Waals surface area contributed by atoms with Crippen molar-refractivity contribution in [3.8, 4) is 0 Å². The van der Waals surface area contributed by atoms with Crippen molar-refractivity contribution >= 4 is 11.9 Å². The van der Waals surface area contributed by atoms with Gasteiger partial charge in [-0.05, 0) is 69.4 Å². The molecule has 1 aromatic heterocycles. The van der Waals surface area contributed by atoms with Crippen molar-refractivity contribution in [2.45, 2.75) is 70.3 Å². The Labute approximate surface area is 130 Å². The molecule has 0 spiro atoms. The number of ketones is 1. The summed E-state index contributed by atoms with van der Waals surface area (Å²) in [6.45, 7) is 1.93. The van der Waals surface area contributed by atoms with Gasteiger partial charge in [0.15, 0.2) is 5.78 Å². The number of carbonyl (C=O) groups is 1. The minimum atomic E-state index is -0.470. The van der Waals surface area contributed by atoms with Crippen LogP contribution in [0, 0.1) is 5.92 Å². The van der Waals surface area contributed by atoms with Gasteiger partial charge in [-0.2, -0.15) is 0 Å². The van der Waals surface area contributed by atoms with Crippen LogP contribution >= 0.6 is 0 Å². The molecule has 2 aliphatic rings. The maximum absolute atomic E-state index is 12.3. The van der Waals surface area contributed by atoms with Gasteiger partial charge in [0.05, 0.1) is 5.60 Å². The first-order chi connectivity index (χ1) is 10.5. The molecular formula is C17H24N2O3. The molecular weight excluding hydrogens is 280 g/mol. The summed E-state index contributed by atoms with van der Waals surface area (Å²) in [6, 6.07) is 0. The average Bonchev–Trinajstić information content (AvgIpc) is 2.96. The van der Waals surface area contributed by atoms with E-state index in [2.05, 4.69) is 10.3 Å². The van der Waals surface area contributed by atoms with Crippen LogP contribution in [0.5, 0.6) is 0 Å². The molecule has 5 nitrogen and oxygen atoms in total. The predicted octanol–water partition coefficient (Wildman–Crippen LogP) is 3.08. The van der Waals surface area contributed by atoms with Crippen molar-refractivity contribution in [2.75, 3.05) is 0 Å². The highest BCUT2D eigenvalue weighted by Crippen LogP contribution is 2.34. The van der Waals surface area contributed by atoms with Crippen LogP contribution in [-0.4, -0.2) is 26.8 Å². The monoisotopic (exact) mass is 304 g/mol. The third-order valence-corrected chi connectivity index (χ3v) is 5.08. The number of carbonyl (C=O) groups excluding carboxylic acids is 1. The number of fused-ring (bicyclic) bond motifs is 1. The number of Topliss-reactive ketones (excluding diaryl/α,β-unsaturated/α-hetero) is 1. The molecule has 1 N–H and O–H groups in total. The van der Waals surface area contributed by atoms with Gasteiger partial charge in [0.25, 0.3) is 0 Å². The van der Waals surface area contributed by atoms with Gasteiger partial charge in [0.1, 0.15) is 11.4 Å². The van der Waals surface area contributed by atoms with Gasteiger partial charge in [-0.3, -0.25) is 4.79 Å².